The van der Waals surface area contributed by atoms with Gasteiger partial charge >= 0.3 is 5.69 Å². The number of aryl methyl sites for hydroxylation is 1. The molecule has 0 saturated carbocycles. The monoisotopic (exact) mass is 330 g/mol. The molecule has 24 heavy (non-hydrogen) atoms. The van der Waals surface area contributed by atoms with Crippen LogP contribution in [-0.4, -0.2) is 20.0 Å². The quantitative estimate of drug-likeness (QED) is 0.540. The number of benzene rings is 1. The van der Waals surface area contributed by atoms with Crippen LogP contribution < -0.4 is 10.6 Å². The maximum Gasteiger partial charge on any atom is 0.353 e. The van der Waals surface area contributed by atoms with Gasteiger partial charge in [0.15, 0.2) is 5.82 Å². The van der Waals surface area contributed by atoms with Crippen LogP contribution in [0.25, 0.3) is 0 Å². The zero-order chi connectivity index (χ0) is 17.1. The molecule has 1 aromatic carbocycles. The number of nitrogens with one attached hydrogen (secondary N) is 2. The number of nitro groups is 1. The third-order valence-electron chi connectivity index (χ3n) is 2.99. The van der Waals surface area contributed by atoms with E-state index in [0.29, 0.717) is 11.4 Å². The molecule has 0 unspecified atom stereocenters. The second kappa shape index (κ2) is 6.28. The van der Waals surface area contributed by atoms with E-state index < -0.39 is 10.7 Å². The summed E-state index contributed by atoms with van der Waals surface area (Å²) in [4.78, 5) is 18.6. The number of anilines is 4. The summed E-state index contributed by atoms with van der Waals surface area (Å²) in [5.41, 5.74) is 0.0731. The molecule has 10 heteroatoms. The van der Waals surface area contributed by atoms with E-state index in [0.717, 1.165) is 6.33 Å². The van der Waals surface area contributed by atoms with E-state index in [1.165, 1.54) is 24.3 Å². The highest BCUT2D eigenvalue weighted by atomic mass is 19.1. The maximum absolute atomic E-state index is 13.0. The predicted octanol–water partition coefficient (Wildman–Crippen LogP) is 3.31. The van der Waals surface area contributed by atoms with Gasteiger partial charge in [0.05, 0.1) is 4.92 Å². The summed E-state index contributed by atoms with van der Waals surface area (Å²) in [5, 5.41) is 20.6. The number of hydrogen-bond acceptors (Lipinski definition) is 8. The largest absolute Gasteiger partial charge is 0.360 e. The van der Waals surface area contributed by atoms with E-state index in [1.807, 2.05) is 0 Å². The molecule has 0 spiro atoms. The molecular weight excluding hydrogens is 319 g/mol. The maximum atomic E-state index is 13.0. The molecule has 0 bridgehead atoms. The molecule has 2 aromatic heterocycles. The average molecular weight is 330 g/mol. The Morgan fingerprint density at radius 2 is 1.83 bits per heavy atom. The van der Waals surface area contributed by atoms with E-state index in [-0.39, 0.29) is 23.1 Å². The highest BCUT2D eigenvalue weighted by Crippen LogP contribution is 2.32. The lowest BCUT2D eigenvalue weighted by Gasteiger charge is -2.08. The lowest BCUT2D eigenvalue weighted by atomic mass is 10.3. The standard InChI is InChI=1S/C14H11FN6O3/c1-8-6-11(20-24-8)19-14-12(21(22)23)13(16-7-17-14)18-10-4-2-9(15)3-5-10/h2-7H,1H3,(H2,16,17,18,19,20). The third-order valence-corrected chi connectivity index (χ3v) is 2.99. The molecule has 0 fully saturated rings. The molecule has 9 nitrogen and oxygen atoms in total. The third kappa shape index (κ3) is 3.27. The van der Waals surface area contributed by atoms with Gasteiger partial charge in [-0.25, -0.2) is 14.4 Å². The highest BCUT2D eigenvalue weighted by molar-refractivity contribution is 5.75. The summed E-state index contributed by atoms with van der Waals surface area (Å²) in [6, 6.07) is 6.91. The Kier molecular flexibility index (Phi) is 4.01. The molecule has 0 atom stereocenters. The Labute approximate surface area is 134 Å². The molecule has 122 valence electrons. The van der Waals surface area contributed by atoms with E-state index in [9.17, 15) is 14.5 Å². The minimum absolute atomic E-state index is 0.0377. The molecule has 0 amide bonds. The second-order valence-corrected chi connectivity index (χ2v) is 4.76. The SMILES string of the molecule is Cc1cc(Nc2ncnc(Nc3ccc(F)cc3)c2[N+](=O)[O-])no1. The normalized spacial score (nSPS) is 10.4. The van der Waals surface area contributed by atoms with Crippen molar-refractivity contribution in [3.8, 4) is 0 Å². The average Bonchev–Trinajstić information content (AvgIpc) is 2.94. The van der Waals surface area contributed by atoms with Crippen molar-refractivity contribution in [2.45, 2.75) is 6.92 Å². The van der Waals surface area contributed by atoms with Gasteiger partial charge in [-0.15, -0.1) is 0 Å². The first-order chi connectivity index (χ1) is 11.5. The van der Waals surface area contributed by atoms with Crippen molar-refractivity contribution in [1.29, 1.82) is 0 Å². The van der Waals surface area contributed by atoms with Gasteiger partial charge in [0.25, 0.3) is 0 Å². The van der Waals surface area contributed by atoms with Gasteiger partial charge in [-0.3, -0.25) is 10.1 Å². The van der Waals surface area contributed by atoms with Crippen molar-refractivity contribution in [1.82, 2.24) is 15.1 Å². The molecule has 2 N–H and O–H groups in total. The van der Waals surface area contributed by atoms with Crippen LogP contribution in [0.3, 0.4) is 0 Å². The Morgan fingerprint density at radius 1 is 1.17 bits per heavy atom. The van der Waals surface area contributed by atoms with Crippen molar-refractivity contribution in [3.63, 3.8) is 0 Å². The summed E-state index contributed by atoms with van der Waals surface area (Å²) in [6.07, 6.45) is 1.16. The van der Waals surface area contributed by atoms with Crippen LogP contribution in [0.2, 0.25) is 0 Å². The second-order valence-electron chi connectivity index (χ2n) is 4.76. The summed E-state index contributed by atoms with van der Waals surface area (Å²) < 4.78 is 17.9. The molecule has 0 aliphatic carbocycles. The van der Waals surface area contributed by atoms with E-state index in [1.54, 1.807) is 13.0 Å². The van der Waals surface area contributed by atoms with Crippen LogP contribution in [-0.2, 0) is 0 Å². The Hall–Kier alpha value is -3.56. The number of aromatic nitrogens is 3. The molecule has 0 radical (unpaired) electrons. The Morgan fingerprint density at radius 3 is 2.42 bits per heavy atom. The molecule has 2 heterocycles. The van der Waals surface area contributed by atoms with Crippen LogP contribution in [0.1, 0.15) is 5.76 Å². The van der Waals surface area contributed by atoms with E-state index >= 15 is 0 Å². The summed E-state index contributed by atoms with van der Waals surface area (Å²) in [5.74, 6) is 0.319. The first-order valence-electron chi connectivity index (χ1n) is 6.75. The minimum Gasteiger partial charge on any atom is -0.360 e. The molecule has 3 rings (SSSR count). The van der Waals surface area contributed by atoms with Gasteiger partial charge in [0.1, 0.15) is 17.9 Å². The summed E-state index contributed by atoms with van der Waals surface area (Å²) >= 11 is 0. The fraction of sp³-hybridized carbons (Fsp3) is 0.0714. The van der Waals surface area contributed by atoms with Crippen LogP contribution in [0.4, 0.5) is 33.2 Å². The van der Waals surface area contributed by atoms with E-state index in [2.05, 4.69) is 25.8 Å². The van der Waals surface area contributed by atoms with Gasteiger partial charge in [0.2, 0.25) is 11.6 Å². The van der Waals surface area contributed by atoms with Crippen LogP contribution in [0, 0.1) is 22.9 Å². The zero-order valence-corrected chi connectivity index (χ0v) is 12.4. The first kappa shape index (κ1) is 15.3. The number of hydrogen-bond donors (Lipinski definition) is 2. The smallest absolute Gasteiger partial charge is 0.353 e. The molecular formula is C14H11FN6O3. The highest BCUT2D eigenvalue weighted by Gasteiger charge is 2.24. The number of nitrogens with zero attached hydrogens (tertiary/aromatic N) is 4. The Balaban J connectivity index is 1.95. The summed E-state index contributed by atoms with van der Waals surface area (Å²) in [6.45, 7) is 1.69. The van der Waals surface area contributed by atoms with Crippen molar-refractivity contribution in [3.05, 3.63) is 58.4 Å². The fourth-order valence-corrected chi connectivity index (χ4v) is 1.95. The van der Waals surface area contributed by atoms with Crippen LogP contribution in [0.15, 0.2) is 41.2 Å². The number of rotatable bonds is 5. The fourth-order valence-electron chi connectivity index (χ4n) is 1.95. The first-order valence-corrected chi connectivity index (χ1v) is 6.75. The lowest BCUT2D eigenvalue weighted by Crippen LogP contribution is -2.05. The minimum atomic E-state index is -0.624. The van der Waals surface area contributed by atoms with Crippen molar-refractivity contribution >= 4 is 28.8 Å². The van der Waals surface area contributed by atoms with Crippen molar-refractivity contribution in [2.24, 2.45) is 0 Å². The van der Waals surface area contributed by atoms with E-state index in [4.69, 9.17) is 4.52 Å². The lowest BCUT2D eigenvalue weighted by molar-refractivity contribution is -0.383. The summed E-state index contributed by atoms with van der Waals surface area (Å²) in [7, 11) is 0. The van der Waals surface area contributed by atoms with Crippen molar-refractivity contribution in [2.75, 3.05) is 10.6 Å². The molecule has 0 saturated heterocycles. The van der Waals surface area contributed by atoms with Crippen LogP contribution in [0.5, 0.6) is 0 Å². The molecule has 3 aromatic rings. The van der Waals surface area contributed by atoms with Gasteiger partial charge in [-0.2, -0.15) is 0 Å². The molecule has 0 aliphatic heterocycles. The van der Waals surface area contributed by atoms with Gasteiger partial charge in [0, 0.05) is 11.8 Å². The zero-order valence-electron chi connectivity index (χ0n) is 12.4. The molecule has 0 aliphatic rings. The van der Waals surface area contributed by atoms with Gasteiger partial charge in [-0.1, -0.05) is 5.16 Å². The topological polar surface area (TPSA) is 119 Å². The van der Waals surface area contributed by atoms with Gasteiger partial charge in [-0.05, 0) is 31.2 Å². The predicted molar refractivity (Wildman–Crippen MR) is 82.9 cm³/mol. The van der Waals surface area contributed by atoms with Gasteiger partial charge < -0.3 is 15.2 Å². The van der Waals surface area contributed by atoms with Crippen LogP contribution >= 0.6 is 0 Å². The van der Waals surface area contributed by atoms with Crippen molar-refractivity contribution < 1.29 is 13.8 Å². The Bertz CT molecular complexity index is 880. The number of halogens is 1.